The molecule has 0 saturated heterocycles. The van der Waals surface area contributed by atoms with Crippen LogP contribution in [0.5, 0.6) is 0 Å². The molecule has 104 valence electrons. The highest BCUT2D eigenvalue weighted by Gasteiger charge is 2.03. The van der Waals surface area contributed by atoms with Gasteiger partial charge in [-0.15, -0.1) is 11.3 Å². The van der Waals surface area contributed by atoms with Gasteiger partial charge in [0, 0.05) is 23.8 Å². The summed E-state index contributed by atoms with van der Waals surface area (Å²) in [4.78, 5) is 5.50. The quantitative estimate of drug-likeness (QED) is 0.784. The Balaban J connectivity index is 1.78. The Bertz CT molecular complexity index is 511. The molecule has 0 aliphatic carbocycles. The lowest BCUT2D eigenvalue weighted by molar-refractivity contribution is 0.0870. The molecule has 2 aromatic rings. The molecule has 0 saturated carbocycles. The van der Waals surface area contributed by atoms with Gasteiger partial charge in [-0.25, -0.2) is 4.98 Å². The Morgan fingerprint density at radius 1 is 1.47 bits per heavy atom. The molecular formula is C12H17BrN4OS. The summed E-state index contributed by atoms with van der Waals surface area (Å²) in [6.07, 6.45) is 5.88. The van der Waals surface area contributed by atoms with E-state index in [0.29, 0.717) is 6.61 Å². The third-order valence-electron chi connectivity index (χ3n) is 2.30. The number of aromatic nitrogens is 3. The average Bonchev–Trinajstić information content (AvgIpc) is 2.95. The summed E-state index contributed by atoms with van der Waals surface area (Å²) in [5.41, 5.74) is 0. The first-order valence-corrected chi connectivity index (χ1v) is 7.72. The lowest BCUT2D eigenvalue weighted by Crippen LogP contribution is -2.12. The van der Waals surface area contributed by atoms with Crippen LogP contribution in [0.4, 0.5) is 5.13 Å². The van der Waals surface area contributed by atoms with Crippen molar-refractivity contribution in [1.82, 2.24) is 14.8 Å². The van der Waals surface area contributed by atoms with Gasteiger partial charge >= 0.3 is 0 Å². The van der Waals surface area contributed by atoms with Crippen molar-refractivity contribution < 1.29 is 4.74 Å². The fraction of sp³-hybridized carbons (Fsp3) is 0.500. The predicted molar refractivity (Wildman–Crippen MR) is 80.7 cm³/mol. The summed E-state index contributed by atoms with van der Waals surface area (Å²) in [5, 5.41) is 8.40. The lowest BCUT2D eigenvalue weighted by atomic mass is 10.5. The van der Waals surface area contributed by atoms with Crippen molar-refractivity contribution in [2.75, 3.05) is 18.5 Å². The molecule has 2 aromatic heterocycles. The molecule has 0 bridgehead atoms. The van der Waals surface area contributed by atoms with Gasteiger partial charge in [0.2, 0.25) is 0 Å². The largest absolute Gasteiger partial charge is 0.377 e. The van der Waals surface area contributed by atoms with E-state index in [2.05, 4.69) is 31.3 Å². The molecule has 0 fully saturated rings. The smallest absolute Gasteiger partial charge is 0.183 e. The second-order valence-electron chi connectivity index (χ2n) is 4.33. The minimum absolute atomic E-state index is 0.270. The zero-order valence-electron chi connectivity index (χ0n) is 11.0. The number of nitrogens with zero attached hydrogens (tertiary/aromatic N) is 3. The summed E-state index contributed by atoms with van der Waals surface area (Å²) in [5.74, 6) is 0. The predicted octanol–water partition coefficient (Wildman–Crippen LogP) is 2.99. The zero-order chi connectivity index (χ0) is 13.7. The van der Waals surface area contributed by atoms with Crippen molar-refractivity contribution >= 4 is 32.4 Å². The molecule has 19 heavy (non-hydrogen) atoms. The molecule has 2 heterocycles. The van der Waals surface area contributed by atoms with Crippen LogP contribution in [-0.4, -0.2) is 34.0 Å². The molecule has 2 rings (SSSR count). The molecule has 0 spiro atoms. The zero-order valence-corrected chi connectivity index (χ0v) is 13.4. The summed E-state index contributed by atoms with van der Waals surface area (Å²) < 4.78 is 8.33. The Labute approximate surface area is 125 Å². The van der Waals surface area contributed by atoms with Crippen molar-refractivity contribution in [1.29, 1.82) is 0 Å². The molecule has 0 amide bonds. The molecule has 0 atom stereocenters. The highest BCUT2D eigenvalue weighted by atomic mass is 79.9. The van der Waals surface area contributed by atoms with E-state index in [-0.39, 0.29) is 6.10 Å². The molecule has 0 unspecified atom stereocenters. The van der Waals surface area contributed by atoms with Gasteiger partial charge in [-0.05, 0) is 29.8 Å². The second-order valence-corrected chi connectivity index (χ2v) is 6.37. The lowest BCUT2D eigenvalue weighted by Gasteiger charge is -2.07. The molecule has 0 aliphatic heterocycles. The summed E-state index contributed by atoms with van der Waals surface area (Å²) in [6.45, 7) is 6.28. The van der Waals surface area contributed by atoms with Crippen LogP contribution < -0.4 is 5.32 Å². The summed E-state index contributed by atoms with van der Waals surface area (Å²) >= 11 is 5.02. The van der Waals surface area contributed by atoms with Gasteiger partial charge in [-0.1, -0.05) is 0 Å². The molecule has 0 radical (unpaired) electrons. The topological polar surface area (TPSA) is 52.0 Å². The van der Waals surface area contributed by atoms with Crippen LogP contribution in [0.15, 0.2) is 23.1 Å². The highest BCUT2D eigenvalue weighted by molar-refractivity contribution is 9.10. The van der Waals surface area contributed by atoms with E-state index in [0.717, 1.165) is 22.7 Å². The first kappa shape index (κ1) is 14.5. The van der Waals surface area contributed by atoms with Crippen molar-refractivity contribution in [3.8, 4) is 0 Å². The SMILES string of the molecule is CC(C)OCCNc1ncc(Cn2cc(Br)cn2)s1. The van der Waals surface area contributed by atoms with E-state index in [9.17, 15) is 0 Å². The van der Waals surface area contributed by atoms with Crippen LogP contribution in [-0.2, 0) is 11.3 Å². The van der Waals surface area contributed by atoms with Crippen molar-refractivity contribution in [3.63, 3.8) is 0 Å². The van der Waals surface area contributed by atoms with Crippen LogP contribution in [0, 0.1) is 0 Å². The second kappa shape index (κ2) is 7.02. The fourth-order valence-electron chi connectivity index (χ4n) is 1.50. The van der Waals surface area contributed by atoms with Crippen molar-refractivity contribution in [2.45, 2.75) is 26.5 Å². The average molecular weight is 345 g/mol. The summed E-state index contributed by atoms with van der Waals surface area (Å²) in [7, 11) is 0. The Kier molecular flexibility index (Phi) is 5.35. The van der Waals surface area contributed by atoms with Gasteiger partial charge < -0.3 is 10.1 Å². The number of thiazole rings is 1. The maximum Gasteiger partial charge on any atom is 0.183 e. The number of hydrogen-bond donors (Lipinski definition) is 1. The number of ether oxygens (including phenoxy) is 1. The van der Waals surface area contributed by atoms with Crippen molar-refractivity contribution in [3.05, 3.63) is 27.9 Å². The number of nitrogens with one attached hydrogen (secondary N) is 1. The van der Waals surface area contributed by atoms with Crippen LogP contribution in [0.1, 0.15) is 18.7 Å². The maximum atomic E-state index is 5.46. The van der Waals surface area contributed by atoms with E-state index >= 15 is 0 Å². The normalized spacial score (nSPS) is 11.2. The van der Waals surface area contributed by atoms with Crippen LogP contribution >= 0.6 is 27.3 Å². The van der Waals surface area contributed by atoms with Crippen LogP contribution in [0.2, 0.25) is 0 Å². The first-order valence-electron chi connectivity index (χ1n) is 6.11. The van der Waals surface area contributed by atoms with Gasteiger partial charge in [0.1, 0.15) is 0 Å². The number of rotatable bonds is 7. The molecule has 1 N–H and O–H groups in total. The fourth-order valence-corrected chi connectivity index (χ4v) is 2.66. The molecule has 0 aliphatic rings. The molecular weight excluding hydrogens is 328 g/mol. The number of hydrogen-bond acceptors (Lipinski definition) is 5. The standard InChI is InChI=1S/C12H17BrN4OS/c1-9(2)18-4-3-14-12-15-6-11(19-12)8-17-7-10(13)5-16-17/h5-7,9H,3-4,8H2,1-2H3,(H,14,15). The van der Waals surface area contributed by atoms with Crippen molar-refractivity contribution in [2.24, 2.45) is 0 Å². The Morgan fingerprint density at radius 3 is 3.00 bits per heavy atom. The minimum atomic E-state index is 0.270. The summed E-state index contributed by atoms with van der Waals surface area (Å²) in [6, 6.07) is 0. The number of anilines is 1. The monoisotopic (exact) mass is 344 g/mol. The van der Waals surface area contributed by atoms with Crippen LogP contribution in [0.25, 0.3) is 0 Å². The first-order chi connectivity index (χ1) is 9.13. The van der Waals surface area contributed by atoms with E-state index in [4.69, 9.17) is 4.74 Å². The van der Waals surface area contributed by atoms with Gasteiger partial charge in [0.25, 0.3) is 0 Å². The van der Waals surface area contributed by atoms with Crippen LogP contribution in [0.3, 0.4) is 0 Å². The minimum Gasteiger partial charge on any atom is -0.377 e. The molecule has 0 aromatic carbocycles. The Hall–Kier alpha value is -0.920. The molecule has 7 heteroatoms. The van der Waals surface area contributed by atoms with E-state index in [1.54, 1.807) is 17.5 Å². The van der Waals surface area contributed by atoms with Gasteiger partial charge in [-0.3, -0.25) is 4.68 Å². The third-order valence-corrected chi connectivity index (χ3v) is 3.65. The van der Waals surface area contributed by atoms with E-state index in [1.165, 1.54) is 4.88 Å². The Morgan fingerprint density at radius 2 is 2.32 bits per heavy atom. The highest BCUT2D eigenvalue weighted by Crippen LogP contribution is 2.19. The molecule has 5 nitrogen and oxygen atoms in total. The van der Waals surface area contributed by atoms with Gasteiger partial charge in [0.15, 0.2) is 5.13 Å². The maximum absolute atomic E-state index is 5.46. The third kappa shape index (κ3) is 4.93. The van der Waals surface area contributed by atoms with E-state index in [1.807, 2.05) is 30.9 Å². The van der Waals surface area contributed by atoms with Gasteiger partial charge in [-0.2, -0.15) is 5.10 Å². The van der Waals surface area contributed by atoms with Gasteiger partial charge in [0.05, 0.1) is 29.9 Å². The van der Waals surface area contributed by atoms with E-state index < -0.39 is 0 Å². The number of halogens is 1.